The quantitative estimate of drug-likeness (QED) is 0.480. The second-order valence-corrected chi connectivity index (χ2v) is 1.61. The van der Waals surface area contributed by atoms with E-state index < -0.39 is 0 Å². The van der Waals surface area contributed by atoms with Gasteiger partial charge in [0.2, 0.25) is 5.91 Å². The van der Waals surface area contributed by atoms with E-state index in [0.29, 0.717) is 0 Å². The zero-order valence-electron chi connectivity index (χ0n) is 5.29. The first-order valence-corrected chi connectivity index (χ1v) is 2.53. The maximum absolute atomic E-state index is 10.6. The Hall–Kier alpha value is -1.08. The Morgan fingerprint density at radius 1 is 1.89 bits per heavy atom. The van der Waals surface area contributed by atoms with Gasteiger partial charge in [0, 0.05) is 7.05 Å². The van der Waals surface area contributed by atoms with Gasteiger partial charge in [0.05, 0.1) is 12.6 Å². The van der Waals surface area contributed by atoms with Crippen LogP contribution in [0.15, 0.2) is 0 Å². The predicted octanol–water partition coefficient (Wildman–Crippen LogP) is -1.07. The van der Waals surface area contributed by atoms with Gasteiger partial charge in [-0.2, -0.15) is 5.26 Å². The molecular weight excluding hydrogens is 118 g/mol. The number of hydrogen-bond acceptors (Lipinski definition) is 3. The van der Waals surface area contributed by atoms with Crippen LogP contribution in [0.4, 0.5) is 0 Å². The summed E-state index contributed by atoms with van der Waals surface area (Å²) >= 11 is 0. The SMILES string of the molecule is CN(CC#N)C(=O)CN. The van der Waals surface area contributed by atoms with Crippen LogP contribution >= 0.6 is 0 Å². The van der Waals surface area contributed by atoms with Gasteiger partial charge in [0.1, 0.15) is 6.54 Å². The van der Waals surface area contributed by atoms with Crippen molar-refractivity contribution in [3.8, 4) is 6.07 Å². The van der Waals surface area contributed by atoms with E-state index >= 15 is 0 Å². The molecule has 0 heterocycles. The first kappa shape index (κ1) is 7.92. The third kappa shape index (κ3) is 2.67. The predicted molar refractivity (Wildman–Crippen MR) is 32.3 cm³/mol. The molecule has 0 spiro atoms. The van der Waals surface area contributed by atoms with Gasteiger partial charge < -0.3 is 10.6 Å². The normalized spacial score (nSPS) is 8.11. The van der Waals surface area contributed by atoms with Crippen molar-refractivity contribution in [2.24, 2.45) is 5.73 Å². The Morgan fingerprint density at radius 2 is 2.44 bits per heavy atom. The Kier molecular flexibility index (Phi) is 3.40. The van der Waals surface area contributed by atoms with Gasteiger partial charge in [-0.05, 0) is 0 Å². The molecular formula is C5H9N3O. The second kappa shape index (κ2) is 3.87. The minimum atomic E-state index is -0.212. The maximum Gasteiger partial charge on any atom is 0.236 e. The number of likely N-dealkylation sites (N-methyl/N-ethyl adjacent to an activating group) is 1. The van der Waals surface area contributed by atoms with E-state index in [1.165, 1.54) is 4.90 Å². The van der Waals surface area contributed by atoms with Crippen LogP contribution < -0.4 is 5.73 Å². The molecule has 0 saturated heterocycles. The van der Waals surface area contributed by atoms with Gasteiger partial charge in [-0.1, -0.05) is 0 Å². The molecule has 0 atom stereocenters. The summed E-state index contributed by atoms with van der Waals surface area (Å²) in [4.78, 5) is 11.8. The summed E-state index contributed by atoms with van der Waals surface area (Å²) in [5.41, 5.74) is 5.00. The molecule has 0 aromatic heterocycles. The first-order valence-electron chi connectivity index (χ1n) is 2.53. The fourth-order valence-corrected chi connectivity index (χ4v) is 0.350. The molecule has 4 heteroatoms. The lowest BCUT2D eigenvalue weighted by molar-refractivity contribution is -0.127. The fourth-order valence-electron chi connectivity index (χ4n) is 0.350. The first-order chi connectivity index (χ1) is 4.22. The van der Waals surface area contributed by atoms with Crippen LogP contribution in [-0.2, 0) is 4.79 Å². The van der Waals surface area contributed by atoms with E-state index in [-0.39, 0.29) is 19.0 Å². The minimum absolute atomic E-state index is 0.0296. The zero-order valence-corrected chi connectivity index (χ0v) is 5.29. The Labute approximate surface area is 53.9 Å². The average molecular weight is 127 g/mol. The third-order valence-corrected chi connectivity index (χ3v) is 0.908. The largest absolute Gasteiger partial charge is 0.331 e. The summed E-state index contributed by atoms with van der Waals surface area (Å²) < 4.78 is 0. The second-order valence-electron chi connectivity index (χ2n) is 1.61. The van der Waals surface area contributed by atoms with Crippen LogP contribution in [0.25, 0.3) is 0 Å². The summed E-state index contributed by atoms with van der Waals surface area (Å²) in [6.07, 6.45) is 0. The Balaban J connectivity index is 3.62. The third-order valence-electron chi connectivity index (χ3n) is 0.908. The summed E-state index contributed by atoms with van der Waals surface area (Å²) in [7, 11) is 1.54. The summed E-state index contributed by atoms with van der Waals surface area (Å²) in [6.45, 7) is 0.0776. The van der Waals surface area contributed by atoms with E-state index in [9.17, 15) is 4.79 Å². The summed E-state index contributed by atoms with van der Waals surface area (Å²) in [6, 6.07) is 1.83. The van der Waals surface area contributed by atoms with Crippen molar-refractivity contribution in [2.45, 2.75) is 0 Å². The number of rotatable bonds is 2. The molecule has 0 rings (SSSR count). The van der Waals surface area contributed by atoms with Crippen molar-refractivity contribution in [1.82, 2.24) is 4.90 Å². The molecule has 0 saturated carbocycles. The molecule has 9 heavy (non-hydrogen) atoms. The number of carbonyl (C=O) groups is 1. The molecule has 0 aromatic rings. The number of hydrogen-bond donors (Lipinski definition) is 1. The van der Waals surface area contributed by atoms with Crippen LogP contribution in [0.3, 0.4) is 0 Å². The monoisotopic (exact) mass is 127 g/mol. The Bertz CT molecular complexity index is 138. The lowest BCUT2D eigenvalue weighted by atomic mass is 10.5. The van der Waals surface area contributed by atoms with Crippen molar-refractivity contribution in [3.63, 3.8) is 0 Å². The number of nitriles is 1. The minimum Gasteiger partial charge on any atom is -0.331 e. The highest BCUT2D eigenvalue weighted by molar-refractivity contribution is 5.77. The van der Waals surface area contributed by atoms with Crippen LogP contribution in [-0.4, -0.2) is 30.9 Å². The standard InChI is InChI=1S/C5H9N3O/c1-8(3-2-6)5(9)4-7/h3-4,7H2,1H3. The van der Waals surface area contributed by atoms with E-state index in [1.807, 2.05) is 6.07 Å². The molecule has 4 nitrogen and oxygen atoms in total. The molecule has 0 unspecified atom stereocenters. The molecule has 0 fully saturated rings. The zero-order chi connectivity index (χ0) is 7.28. The number of nitrogens with two attached hydrogens (primary N) is 1. The fraction of sp³-hybridized carbons (Fsp3) is 0.600. The molecule has 0 radical (unpaired) electrons. The van der Waals surface area contributed by atoms with E-state index in [1.54, 1.807) is 7.05 Å². The van der Waals surface area contributed by atoms with Crippen LogP contribution in [0.2, 0.25) is 0 Å². The average Bonchev–Trinajstić information content (AvgIpc) is 1.87. The molecule has 0 aliphatic carbocycles. The molecule has 0 aliphatic heterocycles. The van der Waals surface area contributed by atoms with Gasteiger partial charge >= 0.3 is 0 Å². The number of nitrogens with zero attached hydrogens (tertiary/aromatic N) is 2. The van der Waals surface area contributed by atoms with Crippen LogP contribution in [0.5, 0.6) is 0 Å². The number of amides is 1. The van der Waals surface area contributed by atoms with Gasteiger partial charge in [-0.25, -0.2) is 0 Å². The van der Waals surface area contributed by atoms with Crippen molar-refractivity contribution in [1.29, 1.82) is 5.26 Å². The molecule has 1 amide bonds. The van der Waals surface area contributed by atoms with E-state index in [2.05, 4.69) is 0 Å². The van der Waals surface area contributed by atoms with Crippen molar-refractivity contribution in [2.75, 3.05) is 20.1 Å². The van der Waals surface area contributed by atoms with Gasteiger partial charge in [-0.3, -0.25) is 4.79 Å². The van der Waals surface area contributed by atoms with E-state index in [4.69, 9.17) is 11.0 Å². The molecule has 0 bridgehead atoms. The van der Waals surface area contributed by atoms with Crippen molar-refractivity contribution < 1.29 is 4.79 Å². The van der Waals surface area contributed by atoms with E-state index in [0.717, 1.165) is 0 Å². The molecule has 0 aliphatic rings. The van der Waals surface area contributed by atoms with Gasteiger partial charge in [0.15, 0.2) is 0 Å². The highest BCUT2D eigenvalue weighted by atomic mass is 16.2. The van der Waals surface area contributed by atoms with Crippen LogP contribution in [0, 0.1) is 11.3 Å². The van der Waals surface area contributed by atoms with Crippen molar-refractivity contribution in [3.05, 3.63) is 0 Å². The van der Waals surface area contributed by atoms with Gasteiger partial charge in [-0.15, -0.1) is 0 Å². The lowest BCUT2D eigenvalue weighted by Crippen LogP contribution is -2.32. The highest BCUT2D eigenvalue weighted by Crippen LogP contribution is 1.78. The molecule has 50 valence electrons. The smallest absolute Gasteiger partial charge is 0.236 e. The molecule has 0 aromatic carbocycles. The van der Waals surface area contributed by atoms with Crippen molar-refractivity contribution >= 4 is 5.91 Å². The highest BCUT2D eigenvalue weighted by Gasteiger charge is 2.02. The summed E-state index contributed by atoms with van der Waals surface area (Å²) in [5, 5.41) is 8.10. The number of carbonyl (C=O) groups excluding carboxylic acids is 1. The summed E-state index contributed by atoms with van der Waals surface area (Å²) in [5.74, 6) is -0.212. The lowest BCUT2D eigenvalue weighted by Gasteiger charge is -2.09. The molecule has 2 N–H and O–H groups in total. The maximum atomic E-state index is 10.6. The van der Waals surface area contributed by atoms with Crippen LogP contribution in [0.1, 0.15) is 0 Å². The topological polar surface area (TPSA) is 70.1 Å². The van der Waals surface area contributed by atoms with Gasteiger partial charge in [0.25, 0.3) is 0 Å². The Morgan fingerprint density at radius 3 is 2.78 bits per heavy atom.